The molecule has 8 heteroatoms. The van der Waals surface area contributed by atoms with E-state index in [1.807, 2.05) is 0 Å². The number of hydrogen-bond acceptors (Lipinski definition) is 2. The third kappa shape index (κ3) is 3.36. The van der Waals surface area contributed by atoms with Crippen molar-refractivity contribution in [1.29, 1.82) is 0 Å². The summed E-state index contributed by atoms with van der Waals surface area (Å²) in [6, 6.07) is 7.05. The highest BCUT2D eigenvalue weighted by Gasteiger charge is 2.19. The quantitative estimate of drug-likeness (QED) is 0.795. The zero-order valence-electron chi connectivity index (χ0n) is 9.70. The second-order valence-corrected chi connectivity index (χ2v) is 7.23. The summed E-state index contributed by atoms with van der Waals surface area (Å²) in [5.74, 6) is -1.30. The van der Waals surface area contributed by atoms with Gasteiger partial charge in [0, 0.05) is 8.95 Å². The van der Waals surface area contributed by atoms with Crippen molar-refractivity contribution in [3.05, 3.63) is 57.0 Å². The summed E-state index contributed by atoms with van der Waals surface area (Å²) in [4.78, 5) is -0.179. The second-order valence-electron chi connectivity index (χ2n) is 3.80. The van der Waals surface area contributed by atoms with Crippen molar-refractivity contribution in [2.45, 2.75) is 4.90 Å². The lowest BCUT2D eigenvalue weighted by molar-refractivity contribution is 0.596. The Bertz CT molecular complexity index is 766. The normalized spacial score (nSPS) is 11.4. The summed E-state index contributed by atoms with van der Waals surface area (Å²) in [7, 11) is -4.01. The van der Waals surface area contributed by atoms with Crippen LogP contribution in [0.1, 0.15) is 0 Å². The maximum atomic E-state index is 13.6. The largest absolute Gasteiger partial charge is 0.277 e. The van der Waals surface area contributed by atoms with E-state index in [0.29, 0.717) is 4.47 Å². The Morgan fingerprint density at radius 3 is 2.30 bits per heavy atom. The Balaban J connectivity index is 2.41. The van der Waals surface area contributed by atoms with Gasteiger partial charge in [-0.25, -0.2) is 17.2 Å². The zero-order valence-corrected chi connectivity index (χ0v) is 13.7. The summed E-state index contributed by atoms with van der Waals surface area (Å²) in [6.07, 6.45) is 0. The number of anilines is 1. The van der Waals surface area contributed by atoms with E-state index in [1.165, 1.54) is 12.1 Å². The molecule has 0 aromatic heterocycles. The van der Waals surface area contributed by atoms with Gasteiger partial charge in [-0.2, -0.15) is 0 Å². The van der Waals surface area contributed by atoms with Crippen molar-refractivity contribution in [2.75, 3.05) is 4.72 Å². The average molecular weight is 427 g/mol. The summed E-state index contributed by atoms with van der Waals surface area (Å²) < 4.78 is 53.5. The topological polar surface area (TPSA) is 46.2 Å². The highest BCUT2D eigenvalue weighted by atomic mass is 79.9. The van der Waals surface area contributed by atoms with Gasteiger partial charge in [0.25, 0.3) is 10.0 Å². The van der Waals surface area contributed by atoms with Crippen LogP contribution in [-0.4, -0.2) is 8.42 Å². The zero-order chi connectivity index (χ0) is 14.9. The Labute approximate surface area is 131 Å². The molecule has 0 aliphatic heterocycles. The van der Waals surface area contributed by atoms with Crippen molar-refractivity contribution < 1.29 is 17.2 Å². The highest BCUT2D eigenvalue weighted by molar-refractivity contribution is 9.10. The standard InChI is InChI=1S/C12H7Br2F2NO2S/c13-7-1-3-11(10(16)5-7)17-20(18,19)12-4-2-8(15)6-9(12)14/h1-6,17H. The molecule has 1 N–H and O–H groups in total. The van der Waals surface area contributed by atoms with Gasteiger partial charge >= 0.3 is 0 Å². The van der Waals surface area contributed by atoms with Crippen molar-refractivity contribution in [3.63, 3.8) is 0 Å². The fraction of sp³-hybridized carbons (Fsp3) is 0. The van der Waals surface area contributed by atoms with Crippen LogP contribution in [0.2, 0.25) is 0 Å². The van der Waals surface area contributed by atoms with E-state index in [-0.39, 0.29) is 15.1 Å². The first kappa shape index (κ1) is 15.4. The molecule has 0 aliphatic rings. The maximum absolute atomic E-state index is 13.6. The van der Waals surface area contributed by atoms with E-state index in [9.17, 15) is 17.2 Å². The Kier molecular flexibility index (Phi) is 4.46. The van der Waals surface area contributed by atoms with E-state index in [4.69, 9.17) is 0 Å². The summed E-state index contributed by atoms with van der Waals surface area (Å²) >= 11 is 6.04. The van der Waals surface area contributed by atoms with Crippen molar-refractivity contribution >= 4 is 47.6 Å². The molecule has 0 amide bonds. The van der Waals surface area contributed by atoms with Gasteiger partial charge in [-0.3, -0.25) is 4.72 Å². The highest BCUT2D eigenvalue weighted by Crippen LogP contribution is 2.27. The first-order valence-corrected chi connectivity index (χ1v) is 8.29. The summed E-state index contributed by atoms with van der Waals surface area (Å²) in [5, 5.41) is 0. The third-order valence-electron chi connectivity index (χ3n) is 2.36. The van der Waals surface area contributed by atoms with Crippen LogP contribution >= 0.6 is 31.9 Å². The minimum Gasteiger partial charge on any atom is -0.277 e. The molecule has 0 heterocycles. The molecule has 0 atom stereocenters. The SMILES string of the molecule is O=S(=O)(Nc1ccc(Br)cc1F)c1ccc(F)cc1Br. The molecule has 3 nitrogen and oxygen atoms in total. The molecule has 0 unspecified atom stereocenters. The molecule has 0 saturated heterocycles. The predicted octanol–water partition coefficient (Wildman–Crippen LogP) is 4.29. The minimum atomic E-state index is -4.01. The van der Waals surface area contributed by atoms with Crippen LogP contribution in [-0.2, 0) is 10.0 Å². The third-order valence-corrected chi connectivity index (χ3v) is 5.19. The maximum Gasteiger partial charge on any atom is 0.263 e. The minimum absolute atomic E-state index is 0.0579. The van der Waals surface area contributed by atoms with Crippen LogP contribution in [0.15, 0.2) is 50.2 Å². The fourth-order valence-corrected chi connectivity index (χ4v) is 3.92. The van der Waals surface area contributed by atoms with Gasteiger partial charge in [-0.1, -0.05) is 15.9 Å². The molecule has 0 saturated carbocycles. The number of benzene rings is 2. The predicted molar refractivity (Wildman–Crippen MR) is 79.0 cm³/mol. The Hall–Kier alpha value is -0.990. The van der Waals surface area contributed by atoms with Gasteiger partial charge in [0.2, 0.25) is 0 Å². The van der Waals surface area contributed by atoms with E-state index in [0.717, 1.165) is 24.3 Å². The van der Waals surface area contributed by atoms with E-state index >= 15 is 0 Å². The average Bonchev–Trinajstić information content (AvgIpc) is 2.32. The summed E-state index contributed by atoms with van der Waals surface area (Å²) in [5.41, 5.74) is -0.190. The van der Waals surface area contributed by atoms with Crippen LogP contribution in [0.4, 0.5) is 14.5 Å². The number of hydrogen-bond donors (Lipinski definition) is 1. The molecule has 2 aromatic rings. The number of sulfonamides is 1. The van der Waals surface area contributed by atoms with Crippen LogP contribution < -0.4 is 4.72 Å². The molecule has 0 radical (unpaired) electrons. The van der Waals surface area contributed by atoms with Gasteiger partial charge in [-0.15, -0.1) is 0 Å². The van der Waals surface area contributed by atoms with Gasteiger partial charge in [0.15, 0.2) is 0 Å². The molecule has 2 rings (SSSR count). The number of nitrogens with one attached hydrogen (secondary N) is 1. The lowest BCUT2D eigenvalue weighted by Crippen LogP contribution is -2.14. The van der Waals surface area contributed by atoms with Crippen molar-refractivity contribution in [2.24, 2.45) is 0 Å². The molecular weight excluding hydrogens is 420 g/mol. The molecule has 0 bridgehead atoms. The van der Waals surface area contributed by atoms with E-state index < -0.39 is 21.7 Å². The van der Waals surface area contributed by atoms with Gasteiger partial charge < -0.3 is 0 Å². The van der Waals surface area contributed by atoms with Crippen LogP contribution in [0, 0.1) is 11.6 Å². The Morgan fingerprint density at radius 2 is 1.70 bits per heavy atom. The van der Waals surface area contributed by atoms with Gasteiger partial charge in [0.1, 0.15) is 16.5 Å². The second kappa shape index (κ2) is 5.79. The molecule has 2 aromatic carbocycles. The molecule has 0 spiro atoms. The molecule has 106 valence electrons. The molecular formula is C12H7Br2F2NO2S. The first-order chi connectivity index (χ1) is 9.29. The van der Waals surface area contributed by atoms with Crippen LogP contribution in [0.25, 0.3) is 0 Å². The monoisotopic (exact) mass is 425 g/mol. The smallest absolute Gasteiger partial charge is 0.263 e. The molecule has 20 heavy (non-hydrogen) atoms. The molecule has 0 aliphatic carbocycles. The van der Waals surface area contributed by atoms with Crippen LogP contribution in [0.5, 0.6) is 0 Å². The first-order valence-electron chi connectivity index (χ1n) is 5.22. The molecule has 0 fully saturated rings. The summed E-state index contributed by atoms with van der Waals surface area (Å²) in [6.45, 7) is 0. The lowest BCUT2D eigenvalue weighted by atomic mass is 10.3. The van der Waals surface area contributed by atoms with E-state index in [1.54, 1.807) is 0 Å². The van der Waals surface area contributed by atoms with Crippen LogP contribution in [0.3, 0.4) is 0 Å². The van der Waals surface area contributed by atoms with Gasteiger partial charge in [0.05, 0.1) is 5.69 Å². The lowest BCUT2D eigenvalue weighted by Gasteiger charge is -2.10. The van der Waals surface area contributed by atoms with E-state index in [2.05, 4.69) is 36.6 Å². The Morgan fingerprint density at radius 1 is 1.00 bits per heavy atom. The van der Waals surface area contributed by atoms with Crippen molar-refractivity contribution in [3.8, 4) is 0 Å². The van der Waals surface area contributed by atoms with Crippen molar-refractivity contribution in [1.82, 2.24) is 0 Å². The van der Waals surface area contributed by atoms with Gasteiger partial charge in [-0.05, 0) is 52.3 Å². The number of rotatable bonds is 3. The number of halogens is 4. The fourth-order valence-electron chi connectivity index (χ4n) is 1.47.